The maximum atomic E-state index is 12.1. The Labute approximate surface area is 154 Å². The number of hydrogen-bond donors (Lipinski definition) is 0. The minimum absolute atomic E-state index is 0.0406. The molecule has 1 heterocycles. The largest absolute Gasteiger partial charge is 0.493 e. The van der Waals surface area contributed by atoms with E-state index >= 15 is 0 Å². The Hall–Kier alpha value is -2.09. The molecule has 7 nitrogen and oxygen atoms in total. The summed E-state index contributed by atoms with van der Waals surface area (Å²) in [7, 11) is -1.55. The number of benzene rings is 1. The Balaban J connectivity index is 1.83. The average Bonchev–Trinajstić information content (AvgIpc) is 2.97. The third kappa shape index (κ3) is 5.72. The number of nitrogens with zero attached hydrogens (tertiary/aromatic N) is 1. The zero-order valence-corrected chi connectivity index (χ0v) is 16.1. The van der Waals surface area contributed by atoms with Crippen molar-refractivity contribution in [2.24, 2.45) is 5.92 Å². The lowest BCUT2D eigenvalue weighted by Crippen LogP contribution is -2.40. The summed E-state index contributed by atoms with van der Waals surface area (Å²) in [6.07, 6.45) is 0.413. The number of ether oxygens (including phenoxy) is 2. The second-order valence-corrected chi connectivity index (χ2v) is 9.10. The lowest BCUT2D eigenvalue weighted by molar-refractivity contribution is -0.134. The molecule has 0 radical (unpaired) electrons. The zero-order chi connectivity index (χ0) is 19.3. The summed E-state index contributed by atoms with van der Waals surface area (Å²) >= 11 is 0. The van der Waals surface area contributed by atoms with Crippen molar-refractivity contribution in [3.05, 3.63) is 29.8 Å². The van der Waals surface area contributed by atoms with Crippen molar-refractivity contribution in [1.82, 2.24) is 4.90 Å². The summed E-state index contributed by atoms with van der Waals surface area (Å²) in [6, 6.07) is 6.15. The topological polar surface area (TPSA) is 90.0 Å². The molecule has 0 spiro atoms. The first-order valence-electron chi connectivity index (χ1n) is 8.54. The van der Waals surface area contributed by atoms with Gasteiger partial charge in [0.15, 0.2) is 16.4 Å². The van der Waals surface area contributed by atoms with E-state index < -0.39 is 28.3 Å². The number of likely N-dealkylation sites (N-methyl/N-ethyl adjacent to an activating group) is 1. The lowest BCUT2D eigenvalue weighted by Gasteiger charge is -2.23. The fraction of sp³-hybridized carbons (Fsp3) is 0.556. The van der Waals surface area contributed by atoms with E-state index in [9.17, 15) is 18.0 Å². The van der Waals surface area contributed by atoms with Crippen LogP contribution in [0.1, 0.15) is 30.6 Å². The first-order valence-corrected chi connectivity index (χ1v) is 10.4. The fourth-order valence-corrected chi connectivity index (χ4v) is 4.32. The minimum atomic E-state index is -3.08. The molecule has 1 aliphatic rings. The van der Waals surface area contributed by atoms with E-state index in [1.54, 1.807) is 24.3 Å². The predicted molar refractivity (Wildman–Crippen MR) is 96.9 cm³/mol. The van der Waals surface area contributed by atoms with Crippen LogP contribution in [0.2, 0.25) is 0 Å². The van der Waals surface area contributed by atoms with Crippen molar-refractivity contribution >= 4 is 21.7 Å². The summed E-state index contributed by atoms with van der Waals surface area (Å²) in [6.45, 7) is 4.25. The zero-order valence-electron chi connectivity index (χ0n) is 15.3. The van der Waals surface area contributed by atoms with Gasteiger partial charge >= 0.3 is 5.97 Å². The average molecular weight is 383 g/mol. The molecule has 0 aromatic heterocycles. The van der Waals surface area contributed by atoms with Gasteiger partial charge in [-0.1, -0.05) is 13.8 Å². The smallest absolute Gasteiger partial charge is 0.338 e. The van der Waals surface area contributed by atoms with Crippen molar-refractivity contribution in [3.8, 4) is 5.75 Å². The van der Waals surface area contributed by atoms with Gasteiger partial charge in [-0.05, 0) is 36.6 Å². The molecule has 0 bridgehead atoms. The molecule has 0 aliphatic carbocycles. The van der Waals surface area contributed by atoms with E-state index in [1.807, 2.05) is 13.8 Å². The predicted octanol–water partition coefficient (Wildman–Crippen LogP) is 1.52. The van der Waals surface area contributed by atoms with Crippen molar-refractivity contribution in [1.29, 1.82) is 0 Å². The van der Waals surface area contributed by atoms with E-state index in [-0.39, 0.29) is 17.5 Å². The second kappa shape index (κ2) is 8.53. The Morgan fingerprint density at radius 2 is 1.88 bits per heavy atom. The molecule has 1 atom stereocenters. The first-order chi connectivity index (χ1) is 12.2. The highest BCUT2D eigenvalue weighted by Gasteiger charge is 2.32. The van der Waals surface area contributed by atoms with Gasteiger partial charge in [0.25, 0.3) is 5.91 Å². The molecule has 0 saturated carbocycles. The number of carbonyl (C=O) groups excluding carboxylic acids is 2. The number of carbonyl (C=O) groups is 2. The van der Waals surface area contributed by atoms with Crippen LogP contribution in [0.15, 0.2) is 24.3 Å². The quantitative estimate of drug-likeness (QED) is 0.663. The van der Waals surface area contributed by atoms with Crippen molar-refractivity contribution < 1.29 is 27.5 Å². The number of esters is 1. The Kier molecular flexibility index (Phi) is 6.63. The van der Waals surface area contributed by atoms with Gasteiger partial charge in [-0.2, -0.15) is 0 Å². The highest BCUT2D eigenvalue weighted by Crippen LogP contribution is 2.17. The highest BCUT2D eigenvalue weighted by molar-refractivity contribution is 7.91. The van der Waals surface area contributed by atoms with Gasteiger partial charge in [-0.3, -0.25) is 4.79 Å². The standard InChI is InChI=1S/C18H25NO6S/c1-13(2)10-24-16-6-4-14(5-7-16)18(21)25-11-17(20)19(3)15-8-9-26(22,23)12-15/h4-7,13,15H,8-12H2,1-3H3. The molecule has 0 N–H and O–H groups in total. The molecule has 1 amide bonds. The summed E-state index contributed by atoms with van der Waals surface area (Å²) in [4.78, 5) is 25.5. The van der Waals surface area contributed by atoms with Crippen LogP contribution in [-0.4, -0.2) is 63.0 Å². The van der Waals surface area contributed by atoms with Crippen LogP contribution in [0, 0.1) is 5.92 Å². The number of rotatable bonds is 7. The normalized spacial score (nSPS) is 18.5. The summed E-state index contributed by atoms with van der Waals surface area (Å²) in [5.74, 6) is 0.0750. The van der Waals surface area contributed by atoms with E-state index in [0.29, 0.717) is 30.3 Å². The van der Waals surface area contributed by atoms with Crippen LogP contribution < -0.4 is 4.74 Å². The molecule has 1 aromatic rings. The van der Waals surface area contributed by atoms with E-state index in [2.05, 4.69) is 0 Å². The van der Waals surface area contributed by atoms with Crippen LogP contribution in [0.25, 0.3) is 0 Å². The second-order valence-electron chi connectivity index (χ2n) is 6.87. The highest BCUT2D eigenvalue weighted by atomic mass is 32.2. The lowest BCUT2D eigenvalue weighted by atomic mass is 10.2. The monoisotopic (exact) mass is 383 g/mol. The summed E-state index contributed by atoms with van der Waals surface area (Å²) in [5, 5.41) is 0. The molecule has 8 heteroatoms. The van der Waals surface area contributed by atoms with E-state index in [4.69, 9.17) is 9.47 Å². The van der Waals surface area contributed by atoms with E-state index in [0.717, 1.165) is 0 Å². The molecule has 1 fully saturated rings. The molecule has 26 heavy (non-hydrogen) atoms. The van der Waals surface area contributed by atoms with Gasteiger partial charge in [0.2, 0.25) is 0 Å². The van der Waals surface area contributed by atoms with Gasteiger partial charge in [0.1, 0.15) is 5.75 Å². The van der Waals surface area contributed by atoms with Gasteiger partial charge in [-0.25, -0.2) is 13.2 Å². The molecule has 1 unspecified atom stereocenters. The van der Waals surface area contributed by atoms with Gasteiger partial charge in [0, 0.05) is 13.1 Å². The van der Waals surface area contributed by atoms with Crippen LogP contribution >= 0.6 is 0 Å². The molecular weight excluding hydrogens is 358 g/mol. The van der Waals surface area contributed by atoms with Crippen molar-refractivity contribution in [2.45, 2.75) is 26.3 Å². The van der Waals surface area contributed by atoms with Gasteiger partial charge in [-0.15, -0.1) is 0 Å². The third-order valence-electron chi connectivity index (χ3n) is 4.15. The van der Waals surface area contributed by atoms with Crippen molar-refractivity contribution in [3.63, 3.8) is 0 Å². The molecule has 1 aromatic carbocycles. The number of hydrogen-bond acceptors (Lipinski definition) is 6. The Morgan fingerprint density at radius 1 is 1.23 bits per heavy atom. The molecule has 1 saturated heterocycles. The number of sulfone groups is 1. The molecular formula is C18H25NO6S. The molecule has 144 valence electrons. The Morgan fingerprint density at radius 3 is 2.42 bits per heavy atom. The maximum absolute atomic E-state index is 12.1. The minimum Gasteiger partial charge on any atom is -0.493 e. The van der Waals surface area contributed by atoms with Crippen LogP contribution in [0.4, 0.5) is 0 Å². The van der Waals surface area contributed by atoms with Crippen LogP contribution in [0.5, 0.6) is 5.75 Å². The van der Waals surface area contributed by atoms with Crippen LogP contribution in [-0.2, 0) is 19.4 Å². The summed E-state index contributed by atoms with van der Waals surface area (Å²) in [5.41, 5.74) is 0.320. The number of amides is 1. The van der Waals surface area contributed by atoms with Gasteiger partial charge in [0.05, 0.1) is 23.7 Å². The SMILES string of the molecule is CC(C)COc1ccc(C(=O)OCC(=O)N(C)C2CCS(=O)(=O)C2)cc1. The Bertz CT molecular complexity index is 741. The maximum Gasteiger partial charge on any atom is 0.338 e. The van der Waals surface area contributed by atoms with Crippen LogP contribution in [0.3, 0.4) is 0 Å². The third-order valence-corrected chi connectivity index (χ3v) is 5.90. The molecule has 2 rings (SSSR count). The van der Waals surface area contributed by atoms with Crippen molar-refractivity contribution in [2.75, 3.05) is 31.8 Å². The summed E-state index contributed by atoms with van der Waals surface area (Å²) < 4.78 is 33.6. The first kappa shape index (κ1) is 20.2. The molecule has 1 aliphatic heterocycles. The van der Waals surface area contributed by atoms with Gasteiger partial charge < -0.3 is 14.4 Å². The van der Waals surface area contributed by atoms with E-state index in [1.165, 1.54) is 11.9 Å². The fourth-order valence-electron chi connectivity index (χ4n) is 2.55.